The Hall–Kier alpha value is -2.95. The van der Waals surface area contributed by atoms with Crippen molar-refractivity contribution >= 4 is 17.4 Å². The van der Waals surface area contributed by atoms with Crippen molar-refractivity contribution in [1.29, 1.82) is 0 Å². The standard InChI is InChI=1S/C15H16N4O/c16-15(17)19-18-13(11-7-3-1-4-8-11)14(20)12-9-5-2-6-10-12/h1-10,18,20H,(H4,16,17,19)/b14-13-. The first-order valence-electron chi connectivity index (χ1n) is 6.07. The molecule has 0 heterocycles. The second kappa shape index (κ2) is 6.29. The minimum atomic E-state index is -0.112. The van der Waals surface area contributed by atoms with Gasteiger partial charge < -0.3 is 16.6 Å². The molecule has 0 aromatic heterocycles. The highest BCUT2D eigenvalue weighted by atomic mass is 16.3. The summed E-state index contributed by atoms with van der Waals surface area (Å²) in [6.07, 6.45) is 0. The molecule has 2 aromatic rings. The number of guanidine groups is 1. The zero-order chi connectivity index (χ0) is 14.4. The fourth-order valence-electron chi connectivity index (χ4n) is 1.72. The summed E-state index contributed by atoms with van der Waals surface area (Å²) in [5.41, 5.74) is 15.2. The van der Waals surface area contributed by atoms with Gasteiger partial charge in [-0.15, -0.1) is 5.10 Å². The second-order valence-electron chi connectivity index (χ2n) is 4.10. The minimum Gasteiger partial charge on any atom is -0.505 e. The average Bonchev–Trinajstić information content (AvgIpc) is 2.49. The first-order chi connectivity index (χ1) is 9.68. The van der Waals surface area contributed by atoms with E-state index >= 15 is 0 Å². The first kappa shape index (κ1) is 13.5. The van der Waals surface area contributed by atoms with E-state index in [-0.39, 0.29) is 11.7 Å². The van der Waals surface area contributed by atoms with Gasteiger partial charge in [0.25, 0.3) is 0 Å². The van der Waals surface area contributed by atoms with Crippen molar-refractivity contribution in [3.05, 3.63) is 71.8 Å². The minimum absolute atomic E-state index is 0.0711. The number of rotatable bonds is 4. The second-order valence-corrected chi connectivity index (χ2v) is 4.10. The van der Waals surface area contributed by atoms with E-state index in [1.807, 2.05) is 48.5 Å². The molecule has 6 N–H and O–H groups in total. The van der Waals surface area contributed by atoms with Crippen LogP contribution in [0.25, 0.3) is 11.5 Å². The highest BCUT2D eigenvalue weighted by molar-refractivity contribution is 5.86. The number of nitrogens with one attached hydrogen (secondary N) is 1. The van der Waals surface area contributed by atoms with E-state index in [0.717, 1.165) is 5.56 Å². The monoisotopic (exact) mass is 268 g/mol. The molecular weight excluding hydrogens is 252 g/mol. The van der Waals surface area contributed by atoms with Gasteiger partial charge in [-0.2, -0.15) is 0 Å². The Balaban J connectivity index is 2.48. The van der Waals surface area contributed by atoms with Crippen LogP contribution in [0.1, 0.15) is 11.1 Å². The maximum atomic E-state index is 10.4. The van der Waals surface area contributed by atoms with E-state index in [9.17, 15) is 5.11 Å². The van der Waals surface area contributed by atoms with E-state index in [1.165, 1.54) is 0 Å². The molecule has 0 unspecified atom stereocenters. The van der Waals surface area contributed by atoms with Crippen LogP contribution in [0.5, 0.6) is 0 Å². The summed E-state index contributed by atoms with van der Waals surface area (Å²) in [4.78, 5) is 0. The zero-order valence-corrected chi connectivity index (χ0v) is 10.8. The van der Waals surface area contributed by atoms with Crippen molar-refractivity contribution in [2.75, 3.05) is 0 Å². The van der Waals surface area contributed by atoms with Crippen LogP contribution in [0.3, 0.4) is 0 Å². The SMILES string of the molecule is NC(N)=NN/C(=C(\O)c1ccccc1)c1ccccc1. The van der Waals surface area contributed by atoms with Gasteiger partial charge in [-0.05, 0) is 0 Å². The number of aliphatic hydroxyl groups excluding tert-OH is 1. The van der Waals surface area contributed by atoms with Gasteiger partial charge in [0.2, 0.25) is 5.96 Å². The first-order valence-corrected chi connectivity index (χ1v) is 6.07. The Morgan fingerprint density at radius 2 is 1.35 bits per heavy atom. The van der Waals surface area contributed by atoms with E-state index in [4.69, 9.17) is 11.5 Å². The largest absolute Gasteiger partial charge is 0.505 e. The molecule has 0 aliphatic heterocycles. The third-order valence-corrected chi connectivity index (χ3v) is 2.64. The lowest BCUT2D eigenvalue weighted by molar-refractivity contribution is 0.511. The van der Waals surface area contributed by atoms with Crippen molar-refractivity contribution in [3.63, 3.8) is 0 Å². The van der Waals surface area contributed by atoms with Crippen molar-refractivity contribution in [1.82, 2.24) is 5.43 Å². The van der Waals surface area contributed by atoms with Crippen LogP contribution < -0.4 is 16.9 Å². The van der Waals surface area contributed by atoms with Gasteiger partial charge in [-0.3, -0.25) is 5.43 Å². The Morgan fingerprint density at radius 1 is 0.850 bits per heavy atom. The molecule has 0 aliphatic rings. The molecule has 0 saturated heterocycles. The maximum Gasteiger partial charge on any atom is 0.208 e. The van der Waals surface area contributed by atoms with Gasteiger partial charge in [0.05, 0.1) is 0 Å². The van der Waals surface area contributed by atoms with E-state index in [0.29, 0.717) is 11.3 Å². The molecule has 0 saturated carbocycles. The van der Waals surface area contributed by atoms with E-state index < -0.39 is 0 Å². The van der Waals surface area contributed by atoms with Crippen LogP contribution in [-0.4, -0.2) is 11.1 Å². The normalized spacial score (nSPS) is 11.4. The number of aliphatic hydroxyl groups is 1. The summed E-state index contributed by atoms with van der Waals surface area (Å²) in [5.74, 6) is -0.0407. The van der Waals surface area contributed by atoms with Crippen LogP contribution in [0.4, 0.5) is 0 Å². The van der Waals surface area contributed by atoms with Gasteiger partial charge >= 0.3 is 0 Å². The summed E-state index contributed by atoms with van der Waals surface area (Å²) < 4.78 is 0. The maximum absolute atomic E-state index is 10.4. The molecule has 5 heteroatoms. The van der Waals surface area contributed by atoms with Crippen LogP contribution in [0.2, 0.25) is 0 Å². The summed E-state index contributed by atoms with van der Waals surface area (Å²) >= 11 is 0. The highest BCUT2D eigenvalue weighted by Crippen LogP contribution is 2.21. The molecule has 102 valence electrons. The van der Waals surface area contributed by atoms with Gasteiger partial charge in [-0.1, -0.05) is 60.7 Å². The molecule has 5 nitrogen and oxygen atoms in total. The third-order valence-electron chi connectivity index (χ3n) is 2.64. The predicted molar refractivity (Wildman–Crippen MR) is 81.3 cm³/mol. The molecule has 0 bridgehead atoms. The van der Waals surface area contributed by atoms with Crippen LogP contribution in [0.15, 0.2) is 65.8 Å². The van der Waals surface area contributed by atoms with Crippen molar-refractivity contribution in [2.24, 2.45) is 16.6 Å². The van der Waals surface area contributed by atoms with E-state index in [1.54, 1.807) is 12.1 Å². The third kappa shape index (κ3) is 3.29. The molecule has 20 heavy (non-hydrogen) atoms. The Labute approximate surface area is 117 Å². The number of nitrogens with two attached hydrogens (primary N) is 2. The number of nitrogens with zero attached hydrogens (tertiary/aromatic N) is 1. The van der Waals surface area contributed by atoms with Crippen LogP contribution in [-0.2, 0) is 0 Å². The summed E-state index contributed by atoms with van der Waals surface area (Å²) in [6.45, 7) is 0. The summed E-state index contributed by atoms with van der Waals surface area (Å²) in [5, 5.41) is 14.2. The van der Waals surface area contributed by atoms with Crippen molar-refractivity contribution in [3.8, 4) is 0 Å². The highest BCUT2D eigenvalue weighted by Gasteiger charge is 2.10. The number of hydrogen-bond donors (Lipinski definition) is 4. The van der Waals surface area contributed by atoms with Crippen molar-refractivity contribution in [2.45, 2.75) is 0 Å². The predicted octanol–water partition coefficient (Wildman–Crippen LogP) is 1.85. The van der Waals surface area contributed by atoms with Gasteiger partial charge in [0.15, 0.2) is 0 Å². The fraction of sp³-hybridized carbons (Fsp3) is 0. The Morgan fingerprint density at radius 3 is 1.85 bits per heavy atom. The van der Waals surface area contributed by atoms with Crippen molar-refractivity contribution < 1.29 is 5.11 Å². The molecule has 0 radical (unpaired) electrons. The molecule has 0 amide bonds. The van der Waals surface area contributed by atoms with Crippen LogP contribution in [0, 0.1) is 0 Å². The molecule has 0 fully saturated rings. The lowest BCUT2D eigenvalue weighted by atomic mass is 10.1. The summed E-state index contributed by atoms with van der Waals surface area (Å²) in [6, 6.07) is 18.5. The summed E-state index contributed by atoms with van der Waals surface area (Å²) in [7, 11) is 0. The smallest absolute Gasteiger partial charge is 0.208 e. The average molecular weight is 268 g/mol. The molecule has 0 aliphatic carbocycles. The quantitative estimate of drug-likeness (QED) is 0.224. The van der Waals surface area contributed by atoms with Gasteiger partial charge in [0, 0.05) is 11.1 Å². The molecule has 0 spiro atoms. The Kier molecular flexibility index (Phi) is 4.24. The molecular formula is C15H16N4O. The molecule has 2 aromatic carbocycles. The molecule has 2 rings (SSSR count). The van der Waals surface area contributed by atoms with Gasteiger partial charge in [0.1, 0.15) is 11.5 Å². The zero-order valence-electron chi connectivity index (χ0n) is 10.8. The number of hydrazone groups is 1. The number of benzene rings is 2. The number of hydrogen-bond acceptors (Lipinski definition) is 3. The lowest BCUT2D eigenvalue weighted by Crippen LogP contribution is -2.26. The van der Waals surface area contributed by atoms with Crippen LogP contribution >= 0.6 is 0 Å². The lowest BCUT2D eigenvalue weighted by Gasteiger charge is -2.11. The van der Waals surface area contributed by atoms with E-state index in [2.05, 4.69) is 10.5 Å². The fourth-order valence-corrected chi connectivity index (χ4v) is 1.72. The van der Waals surface area contributed by atoms with Gasteiger partial charge in [-0.25, -0.2) is 0 Å². The Bertz CT molecular complexity index is 617. The molecule has 0 atom stereocenters. The topological polar surface area (TPSA) is 96.7 Å².